The van der Waals surface area contributed by atoms with Crippen LogP contribution in [0.15, 0.2) is 60.7 Å². The predicted molar refractivity (Wildman–Crippen MR) is 125 cm³/mol. The van der Waals surface area contributed by atoms with Crippen LogP contribution in [0.2, 0.25) is 0 Å². The number of carbonyl (C=O) groups excluding carboxylic acids is 2. The molecule has 1 N–H and O–H groups in total. The van der Waals surface area contributed by atoms with Gasteiger partial charge in [-0.25, -0.2) is 4.79 Å². The fourth-order valence-electron chi connectivity index (χ4n) is 4.85. The van der Waals surface area contributed by atoms with Crippen molar-refractivity contribution in [3.8, 4) is 0 Å². The predicted octanol–water partition coefficient (Wildman–Crippen LogP) is 4.74. The summed E-state index contributed by atoms with van der Waals surface area (Å²) in [6.07, 6.45) is 2.72. The lowest BCUT2D eigenvalue weighted by atomic mass is 9.97. The van der Waals surface area contributed by atoms with Gasteiger partial charge in [-0.1, -0.05) is 67.6 Å². The van der Waals surface area contributed by atoms with Crippen LogP contribution in [0.1, 0.15) is 51.7 Å². The summed E-state index contributed by atoms with van der Waals surface area (Å²) in [7, 11) is 0. The molecule has 0 radical (unpaired) electrons. The maximum Gasteiger partial charge on any atom is 0.411 e. The van der Waals surface area contributed by atoms with Crippen LogP contribution in [0, 0.1) is 5.41 Å². The molecule has 0 spiro atoms. The molecule has 32 heavy (non-hydrogen) atoms. The Bertz CT molecular complexity index is 912. The van der Waals surface area contributed by atoms with Crippen molar-refractivity contribution < 1.29 is 14.3 Å². The molecule has 2 aromatic carbocycles. The van der Waals surface area contributed by atoms with Crippen molar-refractivity contribution in [2.45, 2.75) is 77.1 Å². The van der Waals surface area contributed by atoms with Gasteiger partial charge in [0.1, 0.15) is 11.6 Å². The number of hydrogen-bond donors (Lipinski definition) is 1. The summed E-state index contributed by atoms with van der Waals surface area (Å²) < 4.78 is 5.65. The number of hydrogen-bond acceptors (Lipinski definition) is 3. The van der Waals surface area contributed by atoms with E-state index in [4.69, 9.17) is 4.74 Å². The van der Waals surface area contributed by atoms with E-state index < -0.39 is 11.6 Å². The van der Waals surface area contributed by atoms with Gasteiger partial charge < -0.3 is 10.1 Å². The molecule has 1 saturated heterocycles. The minimum Gasteiger partial charge on any atom is -0.444 e. The second kappa shape index (κ2) is 8.61. The van der Waals surface area contributed by atoms with Gasteiger partial charge in [-0.2, -0.15) is 0 Å². The first-order valence-electron chi connectivity index (χ1n) is 11.5. The second-order valence-corrected chi connectivity index (χ2v) is 10.6. The number of likely N-dealkylation sites (tertiary alicyclic amines) is 1. The van der Waals surface area contributed by atoms with E-state index in [0.717, 1.165) is 19.3 Å². The number of rotatable bonds is 6. The second-order valence-electron chi connectivity index (χ2n) is 10.6. The van der Waals surface area contributed by atoms with Crippen molar-refractivity contribution in [1.82, 2.24) is 10.2 Å². The van der Waals surface area contributed by atoms with Crippen LogP contribution < -0.4 is 5.32 Å². The van der Waals surface area contributed by atoms with Crippen molar-refractivity contribution in [3.05, 3.63) is 71.8 Å². The van der Waals surface area contributed by atoms with Crippen molar-refractivity contribution in [2.75, 3.05) is 0 Å². The summed E-state index contributed by atoms with van der Waals surface area (Å²) in [5.41, 5.74) is 1.79. The third kappa shape index (κ3) is 5.14. The highest BCUT2D eigenvalue weighted by Gasteiger charge is 2.65. The lowest BCUT2D eigenvalue weighted by Crippen LogP contribution is -2.52. The SMILES string of the molecule is CC(C)(C)OC(=O)N1C2C[C@]2(C)C[C@H]1C(=O)NC(Cc1ccccc1)Cc1ccccc1. The quantitative estimate of drug-likeness (QED) is 0.714. The smallest absolute Gasteiger partial charge is 0.411 e. The molecule has 2 amide bonds. The minimum atomic E-state index is -0.588. The first-order valence-corrected chi connectivity index (χ1v) is 11.5. The summed E-state index contributed by atoms with van der Waals surface area (Å²) in [6, 6.07) is 20.0. The van der Waals surface area contributed by atoms with E-state index in [1.54, 1.807) is 4.90 Å². The minimum absolute atomic E-state index is 0.0211. The van der Waals surface area contributed by atoms with Gasteiger partial charge in [0.05, 0.1) is 0 Å². The molecule has 170 valence electrons. The maximum atomic E-state index is 13.5. The summed E-state index contributed by atoms with van der Waals surface area (Å²) in [6.45, 7) is 7.74. The van der Waals surface area contributed by atoms with Gasteiger partial charge in [0.25, 0.3) is 0 Å². The van der Waals surface area contributed by atoms with Gasteiger partial charge in [-0.3, -0.25) is 9.69 Å². The molecule has 2 aromatic rings. The van der Waals surface area contributed by atoms with E-state index in [9.17, 15) is 9.59 Å². The molecule has 5 heteroatoms. The molecule has 1 aliphatic carbocycles. The molecule has 1 aliphatic heterocycles. The lowest BCUT2D eigenvalue weighted by molar-refractivity contribution is -0.126. The van der Waals surface area contributed by atoms with Crippen molar-refractivity contribution in [3.63, 3.8) is 0 Å². The van der Waals surface area contributed by atoms with Crippen LogP contribution in [0.5, 0.6) is 0 Å². The van der Waals surface area contributed by atoms with Gasteiger partial charge in [0.2, 0.25) is 5.91 Å². The van der Waals surface area contributed by atoms with Crippen LogP contribution >= 0.6 is 0 Å². The van der Waals surface area contributed by atoms with Gasteiger partial charge >= 0.3 is 6.09 Å². The lowest BCUT2D eigenvalue weighted by Gasteiger charge is -2.31. The van der Waals surface area contributed by atoms with E-state index >= 15 is 0 Å². The molecule has 4 rings (SSSR count). The molecular formula is C27H34N2O3. The van der Waals surface area contributed by atoms with E-state index in [1.807, 2.05) is 57.2 Å². The van der Waals surface area contributed by atoms with E-state index in [2.05, 4.69) is 36.5 Å². The number of benzene rings is 2. The van der Waals surface area contributed by atoms with E-state index in [1.165, 1.54) is 11.1 Å². The molecule has 1 saturated carbocycles. The topological polar surface area (TPSA) is 58.6 Å². The number of carbonyl (C=O) groups is 2. The van der Waals surface area contributed by atoms with Crippen LogP contribution in [0.25, 0.3) is 0 Å². The molecular weight excluding hydrogens is 400 g/mol. The molecule has 1 heterocycles. The number of amides is 2. The Morgan fingerprint density at radius 3 is 2.03 bits per heavy atom. The largest absolute Gasteiger partial charge is 0.444 e. The summed E-state index contributed by atoms with van der Waals surface area (Å²) in [5, 5.41) is 3.27. The normalized spacial score (nSPS) is 24.2. The molecule has 3 atom stereocenters. The average molecular weight is 435 g/mol. The summed E-state index contributed by atoms with van der Waals surface area (Å²) >= 11 is 0. The first-order chi connectivity index (χ1) is 15.1. The molecule has 5 nitrogen and oxygen atoms in total. The standard InChI is InChI=1S/C27H34N2O3/c1-26(2,3)32-25(31)29-22(17-27(4)18-23(27)29)24(30)28-21(15-19-11-7-5-8-12-19)16-20-13-9-6-10-14-20/h5-14,21-23H,15-18H2,1-4H3,(H,28,30)/t22-,23?,27-/m0/s1. The Kier molecular flexibility index (Phi) is 6.02. The fraction of sp³-hybridized carbons (Fsp3) is 0.481. The molecule has 2 fully saturated rings. The number of nitrogens with zero attached hydrogens (tertiary/aromatic N) is 1. The highest BCUT2D eigenvalue weighted by molar-refractivity contribution is 5.87. The zero-order chi connectivity index (χ0) is 22.9. The Balaban J connectivity index is 1.50. The zero-order valence-electron chi connectivity index (χ0n) is 19.5. The summed E-state index contributed by atoms with van der Waals surface area (Å²) in [5.74, 6) is -0.0823. The first kappa shape index (κ1) is 22.4. The van der Waals surface area contributed by atoms with Crippen molar-refractivity contribution in [2.24, 2.45) is 5.41 Å². The van der Waals surface area contributed by atoms with E-state index in [-0.39, 0.29) is 29.5 Å². The Labute approximate surface area is 191 Å². The number of piperidine rings is 1. The fourth-order valence-corrected chi connectivity index (χ4v) is 4.85. The Morgan fingerprint density at radius 2 is 1.53 bits per heavy atom. The van der Waals surface area contributed by atoms with Gasteiger partial charge in [-0.05, 0) is 63.0 Å². The molecule has 2 aliphatic rings. The molecule has 0 aromatic heterocycles. The molecule has 1 unspecified atom stereocenters. The van der Waals surface area contributed by atoms with Crippen LogP contribution in [-0.4, -0.2) is 40.6 Å². The van der Waals surface area contributed by atoms with Crippen molar-refractivity contribution >= 4 is 12.0 Å². The van der Waals surface area contributed by atoms with Gasteiger partial charge in [0.15, 0.2) is 0 Å². The monoisotopic (exact) mass is 434 g/mol. The Morgan fingerprint density at radius 1 is 1.00 bits per heavy atom. The van der Waals surface area contributed by atoms with Gasteiger partial charge in [0, 0.05) is 12.1 Å². The number of ether oxygens (including phenoxy) is 1. The molecule has 0 bridgehead atoms. The zero-order valence-corrected chi connectivity index (χ0v) is 19.5. The van der Waals surface area contributed by atoms with E-state index in [0.29, 0.717) is 6.42 Å². The highest BCUT2D eigenvalue weighted by Crippen LogP contribution is 2.59. The van der Waals surface area contributed by atoms with Crippen molar-refractivity contribution in [1.29, 1.82) is 0 Å². The average Bonchev–Trinajstić information content (AvgIpc) is 3.28. The van der Waals surface area contributed by atoms with Gasteiger partial charge in [-0.15, -0.1) is 0 Å². The number of nitrogens with one attached hydrogen (secondary N) is 1. The third-order valence-electron chi connectivity index (χ3n) is 6.54. The van der Waals surface area contributed by atoms with Crippen LogP contribution in [0.4, 0.5) is 4.79 Å². The maximum absolute atomic E-state index is 13.5. The third-order valence-corrected chi connectivity index (χ3v) is 6.54. The van der Waals surface area contributed by atoms with Crippen LogP contribution in [0.3, 0.4) is 0 Å². The Hall–Kier alpha value is -2.82. The highest BCUT2D eigenvalue weighted by atomic mass is 16.6. The summed E-state index contributed by atoms with van der Waals surface area (Å²) in [4.78, 5) is 28.1. The number of fused-ring (bicyclic) bond motifs is 1. The van der Waals surface area contributed by atoms with Crippen LogP contribution in [-0.2, 0) is 22.4 Å².